The Morgan fingerprint density at radius 1 is 1.14 bits per heavy atom. The number of carbonyl (C=O) groups excluding carboxylic acids is 3. The van der Waals surface area contributed by atoms with Crippen LogP contribution in [0.4, 0.5) is 5.69 Å². The van der Waals surface area contributed by atoms with Gasteiger partial charge >= 0.3 is 5.97 Å². The lowest BCUT2D eigenvalue weighted by molar-refractivity contribution is -0.145. The van der Waals surface area contributed by atoms with Crippen LogP contribution in [-0.2, 0) is 25.5 Å². The highest BCUT2D eigenvalue weighted by atomic mass is 16.5. The largest absolute Gasteiger partial charge is 0.467 e. The molecule has 1 aliphatic rings. The number of amides is 2. The molecule has 1 aliphatic heterocycles. The molecule has 3 rings (SSSR count). The predicted octanol–water partition coefficient (Wildman–Crippen LogP) is 2.56. The molecule has 2 atom stereocenters. The van der Waals surface area contributed by atoms with E-state index in [-0.39, 0.29) is 18.2 Å². The number of hydrogen-bond donors (Lipinski definition) is 1. The molecular formula is C23H26N2O4. The fourth-order valence-corrected chi connectivity index (χ4v) is 3.62. The van der Waals surface area contributed by atoms with Crippen molar-refractivity contribution in [3.05, 3.63) is 65.2 Å². The van der Waals surface area contributed by atoms with Crippen LogP contribution in [0.3, 0.4) is 0 Å². The lowest BCUT2D eigenvalue weighted by Crippen LogP contribution is -2.46. The van der Waals surface area contributed by atoms with E-state index in [2.05, 4.69) is 5.32 Å². The van der Waals surface area contributed by atoms with E-state index < -0.39 is 17.9 Å². The third-order valence-electron chi connectivity index (χ3n) is 5.45. The summed E-state index contributed by atoms with van der Waals surface area (Å²) in [6, 6.07) is 14.4. The Kier molecular flexibility index (Phi) is 6.32. The number of methoxy groups -OCH3 is 1. The quantitative estimate of drug-likeness (QED) is 0.764. The summed E-state index contributed by atoms with van der Waals surface area (Å²) >= 11 is 0. The molecule has 6 nitrogen and oxygen atoms in total. The molecule has 29 heavy (non-hydrogen) atoms. The average molecular weight is 394 g/mol. The van der Waals surface area contributed by atoms with Crippen molar-refractivity contribution in [1.29, 1.82) is 0 Å². The Hall–Kier alpha value is -3.15. The van der Waals surface area contributed by atoms with Crippen LogP contribution in [0.2, 0.25) is 0 Å². The normalized spacial score (nSPS) is 17.1. The molecule has 2 amide bonds. The molecule has 2 aromatic rings. The Bertz CT molecular complexity index is 910. The molecule has 1 fully saturated rings. The summed E-state index contributed by atoms with van der Waals surface area (Å²) in [5, 5.41) is 2.78. The van der Waals surface area contributed by atoms with Gasteiger partial charge in [-0.3, -0.25) is 9.59 Å². The van der Waals surface area contributed by atoms with Crippen LogP contribution in [-0.4, -0.2) is 37.5 Å². The highest BCUT2D eigenvalue weighted by molar-refractivity contribution is 6.01. The van der Waals surface area contributed by atoms with E-state index in [4.69, 9.17) is 4.74 Å². The molecule has 1 N–H and O–H groups in total. The minimum atomic E-state index is -0.792. The minimum Gasteiger partial charge on any atom is -0.467 e. The van der Waals surface area contributed by atoms with Crippen molar-refractivity contribution in [2.24, 2.45) is 5.92 Å². The van der Waals surface area contributed by atoms with Gasteiger partial charge in [-0.1, -0.05) is 42.5 Å². The van der Waals surface area contributed by atoms with E-state index in [9.17, 15) is 14.4 Å². The standard InChI is InChI=1S/C23H26N2O4/c1-15-8-7-11-20(16(15)2)25-14-18(13-21(25)26)22(27)24-19(23(28)29-3)12-17-9-5-4-6-10-17/h4-11,18-19H,12-14H2,1-3H3,(H,24,27). The molecule has 0 aliphatic carbocycles. The van der Waals surface area contributed by atoms with Crippen molar-refractivity contribution in [2.45, 2.75) is 32.7 Å². The number of nitrogens with one attached hydrogen (secondary N) is 1. The van der Waals surface area contributed by atoms with E-state index in [1.165, 1.54) is 7.11 Å². The first-order valence-electron chi connectivity index (χ1n) is 9.69. The van der Waals surface area contributed by atoms with E-state index in [1.807, 2.05) is 62.4 Å². The molecule has 1 heterocycles. The van der Waals surface area contributed by atoms with Gasteiger partial charge in [-0.05, 0) is 36.6 Å². The van der Waals surface area contributed by atoms with Crippen LogP contribution >= 0.6 is 0 Å². The Labute approximate surface area is 170 Å². The van der Waals surface area contributed by atoms with Crippen LogP contribution in [0.5, 0.6) is 0 Å². The van der Waals surface area contributed by atoms with Crippen molar-refractivity contribution in [3.63, 3.8) is 0 Å². The number of nitrogens with zero attached hydrogens (tertiary/aromatic N) is 1. The summed E-state index contributed by atoms with van der Waals surface area (Å²) in [5.41, 5.74) is 3.87. The zero-order valence-corrected chi connectivity index (χ0v) is 17.0. The molecular weight excluding hydrogens is 368 g/mol. The second-order valence-corrected chi connectivity index (χ2v) is 7.40. The minimum absolute atomic E-state index is 0.0865. The number of hydrogen-bond acceptors (Lipinski definition) is 4. The molecule has 152 valence electrons. The van der Waals surface area contributed by atoms with Crippen LogP contribution in [0, 0.1) is 19.8 Å². The zero-order valence-electron chi connectivity index (χ0n) is 17.0. The Balaban J connectivity index is 1.71. The molecule has 0 spiro atoms. The first-order chi connectivity index (χ1) is 13.9. The number of anilines is 1. The van der Waals surface area contributed by atoms with Gasteiger partial charge in [0, 0.05) is 25.1 Å². The van der Waals surface area contributed by atoms with E-state index in [0.717, 1.165) is 22.4 Å². The Morgan fingerprint density at radius 3 is 2.55 bits per heavy atom. The van der Waals surface area contributed by atoms with Gasteiger partial charge in [-0.25, -0.2) is 4.79 Å². The number of benzene rings is 2. The summed E-state index contributed by atoms with van der Waals surface area (Å²) in [4.78, 5) is 39.3. The van der Waals surface area contributed by atoms with Crippen molar-refractivity contribution >= 4 is 23.5 Å². The monoisotopic (exact) mass is 394 g/mol. The van der Waals surface area contributed by atoms with Crippen molar-refractivity contribution in [2.75, 3.05) is 18.6 Å². The van der Waals surface area contributed by atoms with Crippen LogP contribution < -0.4 is 10.2 Å². The molecule has 1 saturated heterocycles. The maximum Gasteiger partial charge on any atom is 0.328 e. The summed E-state index contributed by atoms with van der Waals surface area (Å²) in [7, 11) is 1.30. The van der Waals surface area contributed by atoms with Gasteiger partial charge in [0.2, 0.25) is 11.8 Å². The van der Waals surface area contributed by atoms with E-state index in [1.54, 1.807) is 4.90 Å². The molecule has 6 heteroatoms. The van der Waals surface area contributed by atoms with E-state index >= 15 is 0 Å². The van der Waals surface area contributed by atoms with Crippen molar-refractivity contribution < 1.29 is 19.1 Å². The third-order valence-corrected chi connectivity index (χ3v) is 5.45. The van der Waals surface area contributed by atoms with E-state index in [0.29, 0.717) is 13.0 Å². The van der Waals surface area contributed by atoms with Crippen LogP contribution in [0.1, 0.15) is 23.1 Å². The first kappa shape index (κ1) is 20.6. The molecule has 0 radical (unpaired) electrons. The zero-order chi connectivity index (χ0) is 21.0. The molecule has 2 unspecified atom stereocenters. The summed E-state index contributed by atoms with van der Waals surface area (Å²) in [6.07, 6.45) is 0.457. The van der Waals surface area contributed by atoms with Crippen molar-refractivity contribution in [3.8, 4) is 0 Å². The van der Waals surface area contributed by atoms with Gasteiger partial charge in [0.05, 0.1) is 13.0 Å². The Morgan fingerprint density at radius 2 is 1.86 bits per heavy atom. The van der Waals surface area contributed by atoms with Gasteiger partial charge < -0.3 is 15.0 Å². The summed E-state index contributed by atoms with van der Waals surface area (Å²) in [6.45, 7) is 4.26. The molecule has 2 aromatic carbocycles. The number of carbonyl (C=O) groups is 3. The number of esters is 1. The van der Waals surface area contributed by atoms with Crippen LogP contribution in [0.15, 0.2) is 48.5 Å². The lowest BCUT2D eigenvalue weighted by atomic mass is 10.0. The second kappa shape index (κ2) is 8.90. The lowest BCUT2D eigenvalue weighted by Gasteiger charge is -2.21. The topological polar surface area (TPSA) is 75.7 Å². The molecule has 0 aromatic heterocycles. The van der Waals surface area contributed by atoms with Gasteiger partial charge in [0.1, 0.15) is 6.04 Å². The van der Waals surface area contributed by atoms with Crippen molar-refractivity contribution in [1.82, 2.24) is 5.32 Å². The van der Waals surface area contributed by atoms with Gasteiger partial charge in [0.25, 0.3) is 0 Å². The molecule has 0 bridgehead atoms. The first-order valence-corrected chi connectivity index (χ1v) is 9.69. The number of ether oxygens (including phenoxy) is 1. The summed E-state index contributed by atoms with van der Waals surface area (Å²) in [5.74, 6) is -1.41. The highest BCUT2D eigenvalue weighted by Gasteiger charge is 2.37. The maximum atomic E-state index is 12.8. The van der Waals surface area contributed by atoms with Crippen LogP contribution in [0.25, 0.3) is 0 Å². The second-order valence-electron chi connectivity index (χ2n) is 7.40. The average Bonchev–Trinajstić information content (AvgIpc) is 3.11. The van der Waals surface area contributed by atoms with Gasteiger partial charge in [-0.15, -0.1) is 0 Å². The summed E-state index contributed by atoms with van der Waals surface area (Å²) < 4.78 is 4.86. The number of aryl methyl sites for hydroxylation is 1. The number of rotatable bonds is 6. The maximum absolute atomic E-state index is 12.8. The smallest absolute Gasteiger partial charge is 0.328 e. The highest BCUT2D eigenvalue weighted by Crippen LogP contribution is 2.29. The fraction of sp³-hybridized carbons (Fsp3) is 0.348. The molecule has 0 saturated carbocycles. The van der Waals surface area contributed by atoms with Gasteiger partial charge in [-0.2, -0.15) is 0 Å². The third kappa shape index (κ3) is 4.65. The van der Waals surface area contributed by atoms with Gasteiger partial charge in [0.15, 0.2) is 0 Å². The SMILES string of the molecule is COC(=O)C(Cc1ccccc1)NC(=O)C1CC(=O)N(c2cccc(C)c2C)C1. The fourth-order valence-electron chi connectivity index (χ4n) is 3.62. The predicted molar refractivity (Wildman–Crippen MR) is 110 cm³/mol.